The molecular formula is C30H28N6O3S2. The van der Waals surface area contributed by atoms with E-state index in [0.29, 0.717) is 46.4 Å². The van der Waals surface area contributed by atoms with Crippen LogP contribution >= 0.6 is 23.1 Å². The Morgan fingerprint density at radius 3 is 2.76 bits per heavy atom. The van der Waals surface area contributed by atoms with Crippen molar-refractivity contribution in [1.29, 1.82) is 5.26 Å². The number of benzene rings is 2. The number of nitrogen functional groups attached to an aromatic ring is 1. The molecule has 0 bridgehead atoms. The highest BCUT2D eigenvalue weighted by Gasteiger charge is 2.33. The number of aryl methyl sites for hydroxylation is 1. The van der Waals surface area contributed by atoms with Gasteiger partial charge in [-0.2, -0.15) is 5.26 Å². The third-order valence-corrected chi connectivity index (χ3v) is 8.03. The number of nitrogens with zero attached hydrogens (tertiary/aromatic N) is 4. The molecule has 0 amide bonds. The van der Waals surface area contributed by atoms with Gasteiger partial charge in [0.15, 0.2) is 10.9 Å². The molecule has 11 heteroatoms. The van der Waals surface area contributed by atoms with Crippen molar-refractivity contribution in [2.45, 2.75) is 43.4 Å². The van der Waals surface area contributed by atoms with Gasteiger partial charge in [0.2, 0.25) is 5.69 Å². The van der Waals surface area contributed by atoms with Crippen molar-refractivity contribution in [3.63, 3.8) is 0 Å². The summed E-state index contributed by atoms with van der Waals surface area (Å²) in [6, 6.07) is 17.6. The van der Waals surface area contributed by atoms with Gasteiger partial charge in [0, 0.05) is 22.4 Å². The molecule has 1 saturated heterocycles. The molecule has 1 aliphatic rings. The molecule has 3 heterocycles. The summed E-state index contributed by atoms with van der Waals surface area (Å²) in [4.78, 5) is 12.7. The second kappa shape index (κ2) is 12.2. The molecule has 0 aliphatic carbocycles. The lowest BCUT2D eigenvalue weighted by Gasteiger charge is -2.17. The van der Waals surface area contributed by atoms with Crippen LogP contribution in [0.4, 0.5) is 22.3 Å². The first-order valence-electron chi connectivity index (χ1n) is 12.8. The van der Waals surface area contributed by atoms with Crippen molar-refractivity contribution in [3.8, 4) is 22.9 Å². The van der Waals surface area contributed by atoms with Crippen LogP contribution in [0.15, 0.2) is 58.9 Å². The first-order valence-corrected chi connectivity index (χ1v) is 14.7. The number of hydrogen-bond donors (Lipinski definition) is 2. The largest absolute Gasteiger partial charge is 0.491 e. The third kappa shape index (κ3) is 6.79. The molecule has 9 nitrogen and oxygen atoms in total. The van der Waals surface area contributed by atoms with E-state index >= 15 is 0 Å². The maximum absolute atomic E-state index is 10.1. The van der Waals surface area contributed by atoms with Crippen LogP contribution in [0.3, 0.4) is 0 Å². The van der Waals surface area contributed by atoms with Gasteiger partial charge in [-0.15, -0.1) is 11.3 Å². The Hall–Kier alpha value is -4.13. The molecule has 3 N–H and O–H groups in total. The Morgan fingerprint density at radius 1 is 1.27 bits per heavy atom. The highest BCUT2D eigenvalue weighted by Crippen LogP contribution is 2.42. The minimum atomic E-state index is -0.612. The Labute approximate surface area is 247 Å². The number of nitrogens with one attached hydrogen (secondary N) is 1. The topological polar surface area (TPSA) is 120 Å². The summed E-state index contributed by atoms with van der Waals surface area (Å²) >= 11 is 2.87. The van der Waals surface area contributed by atoms with E-state index in [-0.39, 0.29) is 17.6 Å². The quantitative estimate of drug-likeness (QED) is 0.157. The van der Waals surface area contributed by atoms with E-state index in [1.54, 1.807) is 12.1 Å². The number of thiazole rings is 1. The van der Waals surface area contributed by atoms with Crippen LogP contribution in [0.1, 0.15) is 30.7 Å². The van der Waals surface area contributed by atoms with Gasteiger partial charge >= 0.3 is 0 Å². The molecule has 1 aliphatic heterocycles. The molecule has 4 aromatic rings. The van der Waals surface area contributed by atoms with Crippen LogP contribution in [0.5, 0.6) is 5.75 Å². The number of pyridine rings is 1. The summed E-state index contributed by atoms with van der Waals surface area (Å²) in [5, 5.41) is 16.7. The SMILES string of the molecule is [C-]#[N+]c1c(N)nc(SCc2csc(Nc3cccc(C)c3)n2)c(C#N)c1-c1ccc(OC[C@@H]2COC(C)(C)O2)cc1. The summed E-state index contributed by atoms with van der Waals surface area (Å²) in [6.45, 7) is 14.3. The van der Waals surface area contributed by atoms with E-state index < -0.39 is 5.79 Å². The molecule has 0 spiro atoms. The van der Waals surface area contributed by atoms with Crippen LogP contribution in [0.2, 0.25) is 0 Å². The lowest BCUT2D eigenvalue weighted by atomic mass is 10.00. The van der Waals surface area contributed by atoms with Crippen molar-refractivity contribution < 1.29 is 14.2 Å². The van der Waals surface area contributed by atoms with Crippen molar-refractivity contribution >= 4 is 45.4 Å². The Balaban J connectivity index is 1.32. The van der Waals surface area contributed by atoms with Gasteiger partial charge in [0.1, 0.15) is 35.4 Å². The van der Waals surface area contributed by atoms with Crippen molar-refractivity contribution in [1.82, 2.24) is 9.97 Å². The van der Waals surface area contributed by atoms with Gasteiger partial charge in [-0.05, 0) is 56.2 Å². The molecule has 0 saturated carbocycles. The van der Waals surface area contributed by atoms with Crippen LogP contribution in [-0.4, -0.2) is 35.1 Å². The number of ether oxygens (including phenoxy) is 3. The molecule has 0 unspecified atom stereocenters. The average molecular weight is 585 g/mol. The number of hydrogen-bond acceptors (Lipinski definition) is 10. The predicted octanol–water partition coefficient (Wildman–Crippen LogP) is 7.08. The van der Waals surface area contributed by atoms with Crippen molar-refractivity contribution in [3.05, 3.63) is 82.1 Å². The Kier molecular flexibility index (Phi) is 8.43. The van der Waals surface area contributed by atoms with Crippen LogP contribution < -0.4 is 15.8 Å². The Morgan fingerprint density at radius 2 is 2.07 bits per heavy atom. The fourth-order valence-electron chi connectivity index (χ4n) is 4.35. The standard InChI is InChI=1S/C30H28N6O3S2/c1-18-6-5-7-20(12-18)34-29-35-21(17-41-29)16-40-28-24(13-31)25(26(33-4)27(32)36-28)19-8-10-22(11-9-19)37-14-23-15-38-30(2,3)39-23/h5-12,17,23H,14-16H2,1-3H3,(H2,32,36)(H,34,35)/t23-/m1/s1. The fourth-order valence-corrected chi connectivity index (χ4v) is 6.07. The normalized spacial score (nSPS) is 15.7. The second-order valence-corrected chi connectivity index (χ2v) is 11.7. The van der Waals surface area contributed by atoms with E-state index in [4.69, 9.17) is 26.5 Å². The number of nitrogens with two attached hydrogens (primary N) is 1. The summed E-state index contributed by atoms with van der Waals surface area (Å²) in [5.74, 6) is 0.595. The summed E-state index contributed by atoms with van der Waals surface area (Å²) in [5.41, 5.74) is 10.8. The first kappa shape index (κ1) is 28.4. The minimum Gasteiger partial charge on any atom is -0.491 e. The molecule has 0 radical (unpaired) electrons. The summed E-state index contributed by atoms with van der Waals surface area (Å²) in [6.07, 6.45) is -0.157. The van der Waals surface area contributed by atoms with Crippen LogP contribution in [0, 0.1) is 24.8 Å². The highest BCUT2D eigenvalue weighted by molar-refractivity contribution is 7.98. The van der Waals surface area contributed by atoms with Crippen molar-refractivity contribution in [2.24, 2.45) is 0 Å². The molecule has 41 heavy (non-hydrogen) atoms. The molecule has 1 fully saturated rings. The molecule has 2 aromatic carbocycles. The first-order chi connectivity index (χ1) is 19.7. The summed E-state index contributed by atoms with van der Waals surface area (Å²) < 4.78 is 17.3. The van der Waals surface area contributed by atoms with E-state index in [1.165, 1.54) is 23.1 Å². The third-order valence-electron chi connectivity index (χ3n) is 6.21. The van der Waals surface area contributed by atoms with Gasteiger partial charge in [-0.25, -0.2) is 14.8 Å². The predicted molar refractivity (Wildman–Crippen MR) is 162 cm³/mol. The number of anilines is 3. The van der Waals surface area contributed by atoms with Crippen molar-refractivity contribution in [2.75, 3.05) is 24.3 Å². The van der Waals surface area contributed by atoms with E-state index in [0.717, 1.165) is 22.1 Å². The van der Waals surface area contributed by atoms with E-state index in [9.17, 15) is 5.26 Å². The number of rotatable bonds is 9. The molecule has 5 rings (SSSR count). The van der Waals surface area contributed by atoms with Crippen LogP contribution in [-0.2, 0) is 15.2 Å². The van der Waals surface area contributed by atoms with Gasteiger partial charge in [-0.3, -0.25) is 0 Å². The monoisotopic (exact) mass is 584 g/mol. The number of aromatic nitrogens is 2. The zero-order chi connectivity index (χ0) is 29.0. The fraction of sp³-hybridized carbons (Fsp3) is 0.267. The van der Waals surface area contributed by atoms with Gasteiger partial charge in [0.25, 0.3) is 0 Å². The Bertz CT molecular complexity index is 1640. The zero-order valence-corrected chi connectivity index (χ0v) is 24.4. The summed E-state index contributed by atoms with van der Waals surface area (Å²) in [7, 11) is 0. The molecule has 208 valence electrons. The zero-order valence-electron chi connectivity index (χ0n) is 22.8. The lowest BCUT2D eigenvalue weighted by molar-refractivity contribution is -0.141. The van der Waals surface area contributed by atoms with Gasteiger partial charge < -0.3 is 25.3 Å². The van der Waals surface area contributed by atoms with E-state index in [2.05, 4.69) is 32.3 Å². The average Bonchev–Trinajstić information content (AvgIpc) is 3.55. The maximum atomic E-state index is 10.1. The van der Waals surface area contributed by atoms with Gasteiger partial charge in [-0.1, -0.05) is 36.0 Å². The molecular weight excluding hydrogens is 557 g/mol. The maximum Gasteiger partial charge on any atom is 0.236 e. The number of nitriles is 1. The van der Waals surface area contributed by atoms with E-state index in [1.807, 2.05) is 56.5 Å². The molecule has 2 aromatic heterocycles. The molecule has 1 atom stereocenters. The minimum absolute atomic E-state index is 0.0814. The lowest BCUT2D eigenvalue weighted by Crippen LogP contribution is -2.25. The second-order valence-electron chi connectivity index (χ2n) is 9.84. The highest BCUT2D eigenvalue weighted by atomic mass is 32.2. The number of thioether (sulfide) groups is 1. The van der Waals surface area contributed by atoms with Gasteiger partial charge in [0.05, 0.1) is 24.4 Å². The van der Waals surface area contributed by atoms with Crippen LogP contribution in [0.25, 0.3) is 16.0 Å². The smallest absolute Gasteiger partial charge is 0.236 e.